The Bertz CT molecular complexity index is 2950. The number of benzene rings is 2. The van der Waals surface area contributed by atoms with Crippen LogP contribution in [0, 0.1) is 22.9 Å². The third kappa shape index (κ3) is 10.8. The van der Waals surface area contributed by atoms with Crippen molar-refractivity contribution in [2.24, 2.45) is 0 Å². The summed E-state index contributed by atoms with van der Waals surface area (Å²) in [4.78, 5) is 19.2. The van der Waals surface area contributed by atoms with E-state index in [9.17, 15) is 0 Å². The summed E-state index contributed by atoms with van der Waals surface area (Å²) in [7, 11) is -3.97. The van der Waals surface area contributed by atoms with Gasteiger partial charge in [-0.15, -0.1) is 11.1 Å². The highest BCUT2D eigenvalue weighted by molar-refractivity contribution is 6.90. The Hall–Kier alpha value is -5.41. The fourth-order valence-electron chi connectivity index (χ4n) is 10.2. The maximum absolute atomic E-state index is 5.66. The van der Waals surface area contributed by atoms with Crippen molar-refractivity contribution in [2.45, 2.75) is 183 Å². The zero-order valence-electron chi connectivity index (χ0n) is 46.7. The molecule has 4 nitrogen and oxygen atoms in total. The van der Waals surface area contributed by atoms with Gasteiger partial charge in [0.25, 0.3) is 0 Å². The minimum Gasteiger partial charge on any atom is -0.354 e. The lowest BCUT2D eigenvalue weighted by molar-refractivity contribution is 0.568. The van der Waals surface area contributed by atoms with Crippen LogP contribution in [-0.4, -0.2) is 36.1 Å². The first kappa shape index (κ1) is 52.4. The Labute approximate surface area is 424 Å². The van der Waals surface area contributed by atoms with E-state index in [4.69, 9.17) is 9.97 Å². The molecule has 3 aromatic heterocycles. The zero-order chi connectivity index (χ0) is 51.7. The van der Waals surface area contributed by atoms with Gasteiger partial charge in [0.05, 0.1) is 44.9 Å². The molecule has 6 heteroatoms. The monoisotopic (exact) mass is 963 g/mol. The Balaban J connectivity index is 1.75. The van der Waals surface area contributed by atoms with Gasteiger partial charge in [-0.3, -0.25) is 0 Å². The molecule has 0 saturated heterocycles. The predicted octanol–water partition coefficient (Wildman–Crippen LogP) is 18.0. The van der Waals surface area contributed by atoms with E-state index in [2.05, 4.69) is 262 Å². The Morgan fingerprint density at radius 2 is 0.729 bits per heavy atom. The van der Waals surface area contributed by atoms with Crippen LogP contribution in [0.5, 0.6) is 0 Å². The van der Waals surface area contributed by atoms with Crippen LogP contribution in [0.1, 0.15) is 181 Å². The third-order valence-corrected chi connectivity index (χ3v) is 21.7. The van der Waals surface area contributed by atoms with E-state index < -0.39 is 16.1 Å². The summed E-state index contributed by atoms with van der Waals surface area (Å²) in [6.07, 6.45) is 8.75. The molecule has 2 aromatic carbocycles. The molecule has 0 aliphatic carbocycles. The summed E-state index contributed by atoms with van der Waals surface area (Å²) in [5.41, 5.74) is 27.7. The minimum absolute atomic E-state index is 0.0747. The summed E-state index contributed by atoms with van der Waals surface area (Å²) >= 11 is 0. The van der Waals surface area contributed by atoms with Crippen LogP contribution in [0.4, 0.5) is 0 Å². The quantitative estimate of drug-likeness (QED) is 0.133. The topological polar surface area (TPSA) is 57.4 Å². The largest absolute Gasteiger partial charge is 0.354 e. The maximum atomic E-state index is 5.66. The van der Waals surface area contributed by atoms with Crippen molar-refractivity contribution in [3.63, 3.8) is 0 Å². The lowest BCUT2D eigenvalue weighted by Crippen LogP contribution is -2.43. The molecular formula is C64H82N4Si2. The molecule has 2 N–H and O–H groups in total. The van der Waals surface area contributed by atoms with E-state index in [0.29, 0.717) is 16.6 Å². The Kier molecular flexibility index (Phi) is 14.0. The first-order valence-electron chi connectivity index (χ1n) is 25.8. The van der Waals surface area contributed by atoms with Gasteiger partial charge in [-0.25, -0.2) is 9.97 Å². The normalized spacial score (nSPS) is 13.5. The van der Waals surface area contributed by atoms with Crippen LogP contribution in [0.2, 0.25) is 36.3 Å². The van der Waals surface area contributed by atoms with Crippen LogP contribution in [-0.2, 0) is 21.7 Å². The van der Waals surface area contributed by atoms with Crippen LogP contribution in [0.15, 0.2) is 60.7 Å². The first-order chi connectivity index (χ1) is 32.3. The lowest BCUT2D eigenvalue weighted by Gasteiger charge is -2.38. The van der Waals surface area contributed by atoms with Gasteiger partial charge < -0.3 is 9.97 Å². The summed E-state index contributed by atoms with van der Waals surface area (Å²) in [6.45, 7) is 48.9. The van der Waals surface area contributed by atoms with Gasteiger partial charge in [-0.1, -0.05) is 193 Å². The van der Waals surface area contributed by atoms with E-state index in [0.717, 1.165) is 78.2 Å². The number of aromatic nitrogens is 4. The minimum atomic E-state index is -2.17. The van der Waals surface area contributed by atoms with Gasteiger partial charge in [-0.05, 0) is 120 Å². The molecule has 0 radical (unpaired) electrons. The summed E-state index contributed by atoms with van der Waals surface area (Å²) in [5.74, 6) is 7.65. The smallest absolute Gasteiger partial charge is 0.146 e. The van der Waals surface area contributed by atoms with Crippen molar-refractivity contribution in [1.82, 2.24) is 19.9 Å². The van der Waals surface area contributed by atoms with Crippen molar-refractivity contribution in [1.29, 1.82) is 0 Å². The van der Waals surface area contributed by atoms with E-state index in [1.54, 1.807) is 0 Å². The Morgan fingerprint density at radius 1 is 0.414 bits per heavy atom. The highest BCUT2D eigenvalue weighted by Gasteiger charge is 2.42. The Morgan fingerprint density at radius 3 is 1.04 bits per heavy atom. The summed E-state index contributed by atoms with van der Waals surface area (Å²) in [6, 6.07) is 23.2. The van der Waals surface area contributed by atoms with Crippen LogP contribution >= 0.6 is 0 Å². The summed E-state index contributed by atoms with van der Waals surface area (Å²) < 4.78 is 0. The van der Waals surface area contributed by atoms with E-state index in [-0.39, 0.29) is 21.7 Å². The average Bonchev–Trinajstić information content (AvgIpc) is 4.07. The molecule has 0 spiro atoms. The molecule has 0 atom stereocenters. The number of fused-ring (bicyclic) bond motifs is 8. The first-order valence-corrected chi connectivity index (χ1v) is 31.6. The number of nitrogens with one attached hydrogen (secondary N) is 2. The fourth-order valence-corrected chi connectivity index (χ4v) is 15.9. The molecule has 5 heterocycles. The fraction of sp³-hybridized carbons (Fsp3) is 0.438. The zero-order valence-corrected chi connectivity index (χ0v) is 48.7. The maximum Gasteiger partial charge on any atom is 0.146 e. The molecule has 0 saturated carbocycles. The van der Waals surface area contributed by atoms with E-state index >= 15 is 0 Å². The van der Waals surface area contributed by atoms with Gasteiger partial charge >= 0.3 is 0 Å². The van der Waals surface area contributed by atoms with Gasteiger partial charge in [-0.2, -0.15) is 0 Å². The van der Waals surface area contributed by atoms with Crippen LogP contribution in [0.3, 0.4) is 0 Å². The highest BCUT2D eigenvalue weighted by Crippen LogP contribution is 2.43. The number of hydrogen-bond acceptors (Lipinski definition) is 2. The molecule has 0 amide bonds. The molecule has 70 heavy (non-hydrogen) atoms. The second-order valence-electron chi connectivity index (χ2n) is 26.2. The second-order valence-corrected chi connectivity index (χ2v) is 36.6. The molecule has 7 rings (SSSR count). The van der Waals surface area contributed by atoms with Crippen molar-refractivity contribution in [3.8, 4) is 45.2 Å². The van der Waals surface area contributed by atoms with Gasteiger partial charge in [0.2, 0.25) is 0 Å². The van der Waals surface area contributed by atoms with Crippen molar-refractivity contribution < 1.29 is 0 Å². The van der Waals surface area contributed by atoms with Gasteiger partial charge in [0.1, 0.15) is 16.1 Å². The lowest BCUT2D eigenvalue weighted by atomic mass is 9.78. The molecule has 2 aliphatic rings. The van der Waals surface area contributed by atoms with Crippen molar-refractivity contribution >= 4 is 62.5 Å². The van der Waals surface area contributed by atoms with Crippen LogP contribution < -0.4 is 0 Å². The number of nitrogens with zero attached hydrogens (tertiary/aromatic N) is 2. The highest BCUT2D eigenvalue weighted by atomic mass is 28.3. The summed E-state index contributed by atoms with van der Waals surface area (Å²) in [5, 5.41) is 0. The molecule has 8 bridgehead atoms. The van der Waals surface area contributed by atoms with Gasteiger partial charge in [0.15, 0.2) is 0 Å². The molecule has 5 aromatic rings. The number of hydrogen-bond donors (Lipinski definition) is 2. The van der Waals surface area contributed by atoms with Crippen LogP contribution in [0.25, 0.3) is 68.6 Å². The molecule has 0 unspecified atom stereocenters. The van der Waals surface area contributed by atoms with Crippen molar-refractivity contribution in [3.05, 3.63) is 117 Å². The third-order valence-electron chi connectivity index (χ3n) is 14.5. The number of aromatic amines is 2. The average molecular weight is 964 g/mol. The number of rotatable bonds is 5. The molecular weight excluding hydrogens is 881 g/mol. The molecule has 366 valence electrons. The predicted molar refractivity (Wildman–Crippen MR) is 313 cm³/mol. The van der Waals surface area contributed by atoms with E-state index in [1.807, 2.05) is 0 Å². The molecule has 0 fully saturated rings. The standard InChI is InChI=1S/C64H82N4Si2/c1-40(2)70(41(3)4,42(5)6)33-31-50-53-24-28-57(67-53)59(43-34-45(61(7,8)9)38-46(35-43)62(10,11)12)55-26-22-51(65-55)49(30-32-69(19,20)21)52-23-27-56(66-52)60(58-29-25-54(50)68-58)44-36-47(63(13,14)15)39-48(37-44)64(16,17)18/h22-29,34-42,65-66H,1-21H3. The van der Waals surface area contributed by atoms with E-state index in [1.165, 1.54) is 22.3 Å². The van der Waals surface area contributed by atoms with Gasteiger partial charge in [0, 0.05) is 22.2 Å². The SMILES string of the molecule is CC(C)[Si](C#Cc1c2nc(c(-c3cc(C(C)(C)C)cc(C(C)(C)C)c3)c3ccc([nH]3)c(C#C[Si](C)(C)C)c3ccc([nH]3)c(-c3cc(C(C)(C)C)cc(C(C)(C)C)c3)c3nc1C=C3)C=C2)(C(C)C)C(C)C. The molecule has 2 aliphatic heterocycles. The number of H-pyrrole nitrogens is 2. The van der Waals surface area contributed by atoms with Crippen molar-refractivity contribution in [2.75, 3.05) is 0 Å². The second kappa shape index (κ2) is 18.6.